The lowest BCUT2D eigenvalue weighted by atomic mass is 9.99. The van der Waals surface area contributed by atoms with Crippen molar-refractivity contribution in [1.29, 1.82) is 0 Å². The Hall–Kier alpha value is -1.98. The first-order valence-corrected chi connectivity index (χ1v) is 6.91. The van der Waals surface area contributed by atoms with Crippen LogP contribution in [0.3, 0.4) is 0 Å². The third-order valence-corrected chi connectivity index (χ3v) is 3.20. The molecule has 0 N–H and O–H groups in total. The number of nitrogens with zero attached hydrogens (tertiary/aromatic N) is 2. The zero-order valence-corrected chi connectivity index (χ0v) is 12.4. The number of amides is 2. The number of aromatic nitrogens is 1. The minimum absolute atomic E-state index is 0.242. The predicted molar refractivity (Wildman–Crippen MR) is 74.0 cm³/mol. The molecule has 1 unspecified atom stereocenters. The lowest BCUT2D eigenvalue weighted by Crippen LogP contribution is -2.38. The number of carbonyl (C=O) groups excluding carboxylic acids is 2. The van der Waals surface area contributed by atoms with Crippen LogP contribution in [-0.2, 0) is 16.0 Å². The van der Waals surface area contributed by atoms with Crippen LogP contribution in [0.1, 0.15) is 32.8 Å². The summed E-state index contributed by atoms with van der Waals surface area (Å²) in [5.41, 5.74) is 0.150. The molecule has 1 aliphatic heterocycles. The van der Waals surface area contributed by atoms with Crippen molar-refractivity contribution in [2.75, 3.05) is 6.54 Å². The van der Waals surface area contributed by atoms with Crippen molar-refractivity contribution in [1.82, 2.24) is 9.88 Å². The largest absolute Gasteiger partial charge is 0.443 e. The normalized spacial score (nSPS) is 19.0. The second kappa shape index (κ2) is 5.79. The van der Waals surface area contributed by atoms with Gasteiger partial charge >= 0.3 is 6.09 Å². The second-order valence-corrected chi connectivity index (χ2v) is 6.15. The van der Waals surface area contributed by atoms with E-state index >= 15 is 0 Å². The highest BCUT2D eigenvalue weighted by molar-refractivity contribution is 5.95. The van der Waals surface area contributed by atoms with Crippen molar-refractivity contribution in [2.45, 2.75) is 39.2 Å². The van der Waals surface area contributed by atoms with Crippen molar-refractivity contribution < 1.29 is 18.7 Å². The Morgan fingerprint density at radius 1 is 1.48 bits per heavy atom. The van der Waals surface area contributed by atoms with E-state index in [1.54, 1.807) is 26.8 Å². The van der Waals surface area contributed by atoms with Gasteiger partial charge in [0.2, 0.25) is 11.9 Å². The fourth-order valence-corrected chi connectivity index (χ4v) is 2.24. The molecule has 0 radical (unpaired) electrons. The SMILES string of the molecule is CC(C)(C)OC(=O)N1CCC(Cc2ccc(F)nc2)C1=O. The first-order chi connectivity index (χ1) is 9.76. The summed E-state index contributed by atoms with van der Waals surface area (Å²) in [6.45, 7) is 5.63. The van der Waals surface area contributed by atoms with E-state index in [1.165, 1.54) is 12.3 Å². The smallest absolute Gasteiger partial charge is 0.417 e. The van der Waals surface area contributed by atoms with E-state index in [4.69, 9.17) is 4.74 Å². The van der Waals surface area contributed by atoms with Crippen molar-refractivity contribution in [3.8, 4) is 0 Å². The Kier molecular flexibility index (Phi) is 4.25. The Morgan fingerprint density at radius 2 is 2.19 bits per heavy atom. The maximum absolute atomic E-state index is 12.8. The fraction of sp³-hybridized carbons (Fsp3) is 0.533. The molecule has 1 saturated heterocycles. The average molecular weight is 294 g/mol. The van der Waals surface area contributed by atoms with Crippen molar-refractivity contribution >= 4 is 12.0 Å². The summed E-state index contributed by atoms with van der Waals surface area (Å²) in [5.74, 6) is -1.08. The first kappa shape index (κ1) is 15.4. The molecule has 0 aliphatic carbocycles. The van der Waals surface area contributed by atoms with Gasteiger partial charge in [-0.25, -0.2) is 14.7 Å². The zero-order chi connectivity index (χ0) is 15.6. The molecule has 2 rings (SSSR count). The summed E-state index contributed by atoms with van der Waals surface area (Å²) >= 11 is 0. The molecule has 1 fully saturated rings. The molecule has 1 atom stereocenters. The second-order valence-electron chi connectivity index (χ2n) is 6.15. The van der Waals surface area contributed by atoms with E-state index in [9.17, 15) is 14.0 Å². The van der Waals surface area contributed by atoms with E-state index < -0.39 is 17.6 Å². The molecule has 1 aromatic heterocycles. The number of hydrogen-bond acceptors (Lipinski definition) is 4. The van der Waals surface area contributed by atoms with Gasteiger partial charge in [-0.2, -0.15) is 4.39 Å². The highest BCUT2D eigenvalue weighted by Crippen LogP contribution is 2.24. The number of carbonyl (C=O) groups is 2. The van der Waals surface area contributed by atoms with Gasteiger partial charge in [-0.15, -0.1) is 0 Å². The average Bonchev–Trinajstić information content (AvgIpc) is 2.72. The van der Waals surface area contributed by atoms with Gasteiger partial charge in [0.1, 0.15) is 5.60 Å². The minimum Gasteiger partial charge on any atom is -0.443 e. The lowest BCUT2D eigenvalue weighted by molar-refractivity contribution is -0.130. The zero-order valence-electron chi connectivity index (χ0n) is 12.4. The summed E-state index contributed by atoms with van der Waals surface area (Å²) in [4.78, 5) is 28.9. The molecule has 21 heavy (non-hydrogen) atoms. The molecule has 2 heterocycles. The van der Waals surface area contributed by atoms with E-state index in [2.05, 4.69) is 4.98 Å². The molecule has 5 nitrogen and oxygen atoms in total. The number of halogens is 1. The van der Waals surface area contributed by atoms with Crippen molar-refractivity contribution in [3.05, 3.63) is 29.8 Å². The molecular formula is C15H19FN2O3. The fourth-order valence-electron chi connectivity index (χ4n) is 2.24. The van der Waals surface area contributed by atoms with Crippen LogP contribution in [0.2, 0.25) is 0 Å². The Balaban J connectivity index is 1.98. The topological polar surface area (TPSA) is 59.5 Å². The monoisotopic (exact) mass is 294 g/mol. The molecule has 6 heteroatoms. The van der Waals surface area contributed by atoms with Gasteiger partial charge in [-0.1, -0.05) is 6.07 Å². The Morgan fingerprint density at radius 3 is 2.76 bits per heavy atom. The number of pyridine rings is 1. The summed E-state index contributed by atoms with van der Waals surface area (Å²) in [7, 11) is 0. The number of rotatable bonds is 2. The van der Waals surface area contributed by atoms with Crippen LogP contribution in [0, 0.1) is 11.9 Å². The van der Waals surface area contributed by atoms with Gasteiger partial charge in [-0.05, 0) is 45.2 Å². The van der Waals surface area contributed by atoms with Crippen LogP contribution in [0.4, 0.5) is 9.18 Å². The van der Waals surface area contributed by atoms with Crippen LogP contribution >= 0.6 is 0 Å². The van der Waals surface area contributed by atoms with Crippen LogP contribution in [0.15, 0.2) is 18.3 Å². The third kappa shape index (κ3) is 4.00. The summed E-state index contributed by atoms with van der Waals surface area (Å²) in [6.07, 6.45) is 1.84. The van der Waals surface area contributed by atoms with E-state index in [-0.39, 0.29) is 11.8 Å². The molecule has 0 aromatic carbocycles. The highest BCUT2D eigenvalue weighted by Gasteiger charge is 2.37. The van der Waals surface area contributed by atoms with E-state index in [0.717, 1.165) is 10.5 Å². The Bertz CT molecular complexity index is 537. The minimum atomic E-state index is -0.629. The number of hydrogen-bond donors (Lipinski definition) is 0. The van der Waals surface area contributed by atoms with E-state index in [1.807, 2.05) is 0 Å². The maximum atomic E-state index is 12.8. The predicted octanol–water partition coefficient (Wildman–Crippen LogP) is 2.55. The number of ether oxygens (including phenoxy) is 1. The summed E-state index contributed by atoms with van der Waals surface area (Å²) < 4.78 is 18.0. The van der Waals surface area contributed by atoms with Crippen LogP contribution in [0.5, 0.6) is 0 Å². The van der Waals surface area contributed by atoms with Gasteiger partial charge < -0.3 is 4.74 Å². The highest BCUT2D eigenvalue weighted by atomic mass is 19.1. The number of imide groups is 1. The standard InChI is InChI=1S/C15H19FN2O3/c1-15(2,3)21-14(20)18-7-6-11(13(18)19)8-10-4-5-12(16)17-9-10/h4-5,9,11H,6-8H2,1-3H3. The van der Waals surface area contributed by atoms with E-state index in [0.29, 0.717) is 19.4 Å². The first-order valence-electron chi connectivity index (χ1n) is 6.91. The van der Waals surface area contributed by atoms with Crippen LogP contribution in [-0.4, -0.2) is 34.0 Å². The molecule has 1 aromatic rings. The molecule has 1 aliphatic rings. The molecule has 0 bridgehead atoms. The number of likely N-dealkylation sites (tertiary alicyclic amines) is 1. The van der Waals surface area contributed by atoms with Gasteiger partial charge in [0.15, 0.2) is 0 Å². The van der Waals surface area contributed by atoms with Gasteiger partial charge in [0.25, 0.3) is 0 Å². The maximum Gasteiger partial charge on any atom is 0.417 e. The quantitative estimate of drug-likeness (QED) is 0.786. The van der Waals surface area contributed by atoms with Crippen LogP contribution < -0.4 is 0 Å². The van der Waals surface area contributed by atoms with Gasteiger partial charge in [0.05, 0.1) is 0 Å². The molecular weight excluding hydrogens is 275 g/mol. The van der Waals surface area contributed by atoms with Crippen LogP contribution in [0.25, 0.3) is 0 Å². The molecule has 2 amide bonds. The lowest BCUT2D eigenvalue weighted by Gasteiger charge is -2.23. The van der Waals surface area contributed by atoms with Gasteiger partial charge in [-0.3, -0.25) is 4.79 Å². The van der Waals surface area contributed by atoms with Crippen molar-refractivity contribution in [3.63, 3.8) is 0 Å². The molecule has 0 saturated carbocycles. The summed E-state index contributed by atoms with van der Waals surface area (Å²) in [5, 5.41) is 0. The Labute approximate surface area is 123 Å². The molecule has 114 valence electrons. The third-order valence-electron chi connectivity index (χ3n) is 3.20. The molecule has 0 spiro atoms. The summed E-state index contributed by atoms with van der Waals surface area (Å²) in [6, 6.07) is 2.87. The van der Waals surface area contributed by atoms with Crippen molar-refractivity contribution in [2.24, 2.45) is 5.92 Å². The van der Waals surface area contributed by atoms with Gasteiger partial charge in [0, 0.05) is 18.7 Å².